The highest BCUT2D eigenvalue weighted by molar-refractivity contribution is 7.92. The van der Waals surface area contributed by atoms with Crippen molar-refractivity contribution < 1.29 is 8.42 Å². The molecule has 0 amide bonds. The van der Waals surface area contributed by atoms with E-state index >= 15 is 0 Å². The van der Waals surface area contributed by atoms with Gasteiger partial charge < -0.3 is 0 Å². The summed E-state index contributed by atoms with van der Waals surface area (Å²) in [7, 11) is -3.67. The number of aryl methyl sites for hydroxylation is 2. The van der Waals surface area contributed by atoms with Crippen LogP contribution in [0.5, 0.6) is 0 Å². The summed E-state index contributed by atoms with van der Waals surface area (Å²) in [5.41, 5.74) is 4.31. The Morgan fingerprint density at radius 3 is 2.08 bits per heavy atom. The zero-order valence-corrected chi connectivity index (χ0v) is 22.3. The van der Waals surface area contributed by atoms with Crippen molar-refractivity contribution >= 4 is 15.7 Å². The topological polar surface area (TPSA) is 40.6 Å². The highest BCUT2D eigenvalue weighted by Gasteiger charge is 2.38. The lowest BCUT2D eigenvalue weighted by atomic mass is 9.78. The van der Waals surface area contributed by atoms with E-state index in [9.17, 15) is 8.42 Å². The monoisotopic (exact) mass is 502 g/mol. The first-order valence-corrected chi connectivity index (χ1v) is 14.8. The molecule has 1 heterocycles. The van der Waals surface area contributed by atoms with Gasteiger partial charge >= 0.3 is 0 Å². The predicted molar refractivity (Wildman–Crippen MR) is 148 cm³/mol. The number of anilines is 1. The molecule has 3 aromatic rings. The van der Waals surface area contributed by atoms with Crippen LogP contribution in [0.3, 0.4) is 0 Å². The lowest BCUT2D eigenvalue weighted by Crippen LogP contribution is -2.51. The third-order valence-electron chi connectivity index (χ3n) is 8.19. The van der Waals surface area contributed by atoms with E-state index < -0.39 is 10.0 Å². The number of rotatable bonds is 6. The fourth-order valence-electron chi connectivity index (χ4n) is 6.25. The Morgan fingerprint density at radius 1 is 0.750 bits per heavy atom. The maximum Gasteiger partial charge on any atom is 0.264 e. The second kappa shape index (κ2) is 10.8. The van der Waals surface area contributed by atoms with Gasteiger partial charge in [-0.15, -0.1) is 0 Å². The zero-order chi connectivity index (χ0) is 25.1. The Kier molecular flexibility index (Phi) is 7.49. The van der Waals surface area contributed by atoms with Crippen LogP contribution in [0, 0.1) is 13.8 Å². The van der Waals surface area contributed by atoms with Crippen LogP contribution in [-0.2, 0) is 10.0 Å². The number of hydrogen-bond donors (Lipinski definition) is 0. The minimum absolute atomic E-state index is 0.0487. The molecule has 0 aromatic heterocycles. The van der Waals surface area contributed by atoms with Crippen LogP contribution in [0.4, 0.5) is 5.69 Å². The van der Waals surface area contributed by atoms with Crippen molar-refractivity contribution in [3.8, 4) is 0 Å². The minimum Gasteiger partial charge on any atom is -0.300 e. The summed E-state index contributed by atoms with van der Waals surface area (Å²) in [5, 5.41) is 0. The van der Waals surface area contributed by atoms with Crippen molar-refractivity contribution in [3.05, 3.63) is 95.6 Å². The molecular weight excluding hydrogens is 464 g/mol. The lowest BCUT2D eigenvalue weighted by molar-refractivity contribution is 0.107. The predicted octanol–water partition coefficient (Wildman–Crippen LogP) is 6.69. The lowest BCUT2D eigenvalue weighted by Gasteiger charge is -2.45. The summed E-state index contributed by atoms with van der Waals surface area (Å²) >= 11 is 0. The fraction of sp³-hybridized carbons (Fsp3) is 0.419. The van der Waals surface area contributed by atoms with Crippen molar-refractivity contribution in [2.45, 2.75) is 75.3 Å². The molecule has 1 aliphatic carbocycles. The number of benzene rings is 3. The molecule has 1 saturated heterocycles. The molecule has 4 nitrogen and oxygen atoms in total. The largest absolute Gasteiger partial charge is 0.300 e. The molecule has 0 spiro atoms. The summed E-state index contributed by atoms with van der Waals surface area (Å²) in [6, 6.07) is 26.6. The Morgan fingerprint density at radius 2 is 1.39 bits per heavy atom. The van der Waals surface area contributed by atoms with Crippen LogP contribution in [0.25, 0.3) is 0 Å². The smallest absolute Gasteiger partial charge is 0.264 e. The minimum atomic E-state index is -3.67. The molecular formula is C31H38N2O2S. The third-order valence-corrected chi connectivity index (χ3v) is 10.1. The van der Waals surface area contributed by atoms with E-state index in [-0.39, 0.29) is 6.04 Å². The number of nitrogens with zero attached hydrogens (tertiary/aromatic N) is 2. The molecule has 1 saturated carbocycles. The van der Waals surface area contributed by atoms with Gasteiger partial charge in [-0.2, -0.15) is 0 Å². The molecule has 0 N–H and O–H groups in total. The Labute approximate surface area is 217 Å². The first-order chi connectivity index (χ1) is 17.4. The highest BCUT2D eigenvalue weighted by Crippen LogP contribution is 2.39. The van der Waals surface area contributed by atoms with Crippen LogP contribution < -0.4 is 4.31 Å². The van der Waals surface area contributed by atoms with E-state index in [4.69, 9.17) is 0 Å². The van der Waals surface area contributed by atoms with Crippen molar-refractivity contribution in [1.29, 1.82) is 0 Å². The Hall–Kier alpha value is -2.63. The number of para-hydroxylation sites is 1. The molecule has 2 atom stereocenters. The zero-order valence-electron chi connectivity index (χ0n) is 21.5. The van der Waals surface area contributed by atoms with Gasteiger partial charge in [0.15, 0.2) is 0 Å². The van der Waals surface area contributed by atoms with Crippen LogP contribution in [0.1, 0.15) is 61.1 Å². The molecule has 2 aliphatic rings. The molecule has 2 unspecified atom stereocenters. The molecule has 5 rings (SSSR count). The molecule has 0 radical (unpaired) electrons. The van der Waals surface area contributed by atoms with Gasteiger partial charge in [0.1, 0.15) is 0 Å². The number of hydrogen-bond acceptors (Lipinski definition) is 3. The quantitative estimate of drug-likeness (QED) is 0.377. The van der Waals surface area contributed by atoms with Crippen molar-refractivity contribution in [1.82, 2.24) is 4.90 Å². The van der Waals surface area contributed by atoms with Gasteiger partial charge in [0.2, 0.25) is 0 Å². The van der Waals surface area contributed by atoms with Gasteiger partial charge in [-0.3, -0.25) is 9.21 Å². The van der Waals surface area contributed by atoms with Gasteiger partial charge in [0.25, 0.3) is 10.0 Å². The maximum atomic E-state index is 14.0. The van der Waals surface area contributed by atoms with E-state index in [0.717, 1.165) is 42.7 Å². The molecule has 0 bridgehead atoms. The van der Waals surface area contributed by atoms with E-state index in [2.05, 4.69) is 35.2 Å². The second-order valence-electron chi connectivity index (χ2n) is 10.5. The van der Waals surface area contributed by atoms with Crippen LogP contribution in [0.2, 0.25) is 0 Å². The van der Waals surface area contributed by atoms with Crippen LogP contribution in [0.15, 0.2) is 83.8 Å². The van der Waals surface area contributed by atoms with E-state index in [0.29, 0.717) is 16.9 Å². The van der Waals surface area contributed by atoms with Gasteiger partial charge in [-0.25, -0.2) is 8.42 Å². The normalized spacial score (nSPS) is 21.8. The maximum absolute atomic E-state index is 14.0. The van der Waals surface area contributed by atoms with E-state index in [1.54, 1.807) is 16.4 Å². The molecule has 2 fully saturated rings. The summed E-state index contributed by atoms with van der Waals surface area (Å²) in [6.07, 6.45) is 6.74. The van der Waals surface area contributed by atoms with Crippen molar-refractivity contribution in [2.24, 2.45) is 0 Å². The van der Waals surface area contributed by atoms with Gasteiger partial charge in [-0.05, 0) is 74.8 Å². The summed E-state index contributed by atoms with van der Waals surface area (Å²) in [4.78, 5) is 3.03. The van der Waals surface area contributed by atoms with Gasteiger partial charge in [0.05, 0.1) is 10.6 Å². The summed E-state index contributed by atoms with van der Waals surface area (Å²) < 4.78 is 29.8. The van der Waals surface area contributed by atoms with Gasteiger partial charge in [-0.1, -0.05) is 79.1 Å². The standard InChI is InChI=1S/C31H38N2O2S/c1-24-16-18-28(19-17-24)36(34,35)33(30-14-8-6-10-25(30)2)27-20-22-32(23-21-27)31-15-9-7-13-29(31)26-11-4-3-5-12-26/h3-6,8,10-12,14,16-19,27,29,31H,7,9,13,15,20-23H2,1-2H3. The van der Waals surface area contributed by atoms with E-state index in [1.165, 1.54) is 31.2 Å². The third kappa shape index (κ3) is 5.09. The summed E-state index contributed by atoms with van der Waals surface area (Å²) in [5.74, 6) is 0.570. The number of likely N-dealkylation sites (tertiary alicyclic amines) is 1. The van der Waals surface area contributed by atoms with Crippen LogP contribution in [-0.4, -0.2) is 38.5 Å². The molecule has 3 aromatic carbocycles. The SMILES string of the molecule is Cc1ccc(S(=O)(=O)N(c2ccccc2C)C2CCN(C3CCCCC3c3ccccc3)CC2)cc1. The first-order valence-electron chi connectivity index (χ1n) is 13.4. The average molecular weight is 503 g/mol. The van der Waals surface area contributed by atoms with E-state index in [1.807, 2.05) is 50.2 Å². The molecule has 5 heteroatoms. The number of piperidine rings is 1. The van der Waals surface area contributed by atoms with Crippen LogP contribution >= 0.6 is 0 Å². The van der Waals surface area contributed by atoms with Gasteiger partial charge in [0, 0.05) is 25.2 Å². The summed E-state index contributed by atoms with van der Waals surface area (Å²) in [6.45, 7) is 5.86. The highest BCUT2D eigenvalue weighted by atomic mass is 32.2. The second-order valence-corrected chi connectivity index (χ2v) is 12.4. The van der Waals surface area contributed by atoms with Crippen molar-refractivity contribution in [2.75, 3.05) is 17.4 Å². The molecule has 1 aliphatic heterocycles. The number of sulfonamides is 1. The Balaban J connectivity index is 1.40. The Bertz CT molecular complexity index is 1250. The molecule has 190 valence electrons. The molecule has 36 heavy (non-hydrogen) atoms. The average Bonchev–Trinajstić information content (AvgIpc) is 2.91. The van der Waals surface area contributed by atoms with Crippen molar-refractivity contribution in [3.63, 3.8) is 0 Å². The first kappa shape index (κ1) is 25.0. The fourth-order valence-corrected chi connectivity index (χ4v) is 8.02.